The third-order valence-electron chi connectivity index (χ3n) is 8.43. The second-order valence-corrected chi connectivity index (χ2v) is 13.6. The van der Waals surface area contributed by atoms with Crippen molar-refractivity contribution in [2.24, 2.45) is 0 Å². The van der Waals surface area contributed by atoms with E-state index in [-0.39, 0.29) is 48.6 Å². The van der Waals surface area contributed by atoms with Crippen LogP contribution in [0.5, 0.6) is 0 Å². The SMILES string of the molecule is C=CC(=O)OC(CC)N(Cc1ccccc1)c1nc(N(Cc2ccccc2)CC(C)OC(=O)C(=C)C)nc(N(Cc2ccccc2)CC(C)OC(=O)C(=C)C)n1. The number of carbonyl (C=O) groups excluding carboxylic acids is 3. The largest absolute Gasteiger partial charge is 0.457 e. The molecule has 0 aliphatic rings. The average molecular weight is 761 g/mol. The first-order valence-corrected chi connectivity index (χ1v) is 18.6. The summed E-state index contributed by atoms with van der Waals surface area (Å²) in [5, 5.41) is 0. The number of benzene rings is 3. The Hall–Kier alpha value is -6.30. The molecule has 12 heteroatoms. The highest BCUT2D eigenvalue weighted by Gasteiger charge is 2.29. The van der Waals surface area contributed by atoms with Crippen LogP contribution in [0.3, 0.4) is 0 Å². The quantitative estimate of drug-likeness (QED) is 0.0364. The molecule has 0 saturated heterocycles. The number of aromatic nitrogens is 3. The number of ether oxygens (including phenoxy) is 3. The molecule has 0 saturated carbocycles. The highest BCUT2D eigenvalue weighted by molar-refractivity contribution is 5.87. The molecule has 0 radical (unpaired) electrons. The number of hydrogen-bond donors (Lipinski definition) is 0. The highest BCUT2D eigenvalue weighted by Crippen LogP contribution is 2.27. The van der Waals surface area contributed by atoms with Crippen LogP contribution in [-0.4, -0.2) is 64.4 Å². The Kier molecular flexibility index (Phi) is 15.9. The molecule has 56 heavy (non-hydrogen) atoms. The van der Waals surface area contributed by atoms with Crippen LogP contribution in [0.1, 0.15) is 57.7 Å². The van der Waals surface area contributed by atoms with Crippen molar-refractivity contribution in [3.8, 4) is 0 Å². The average Bonchev–Trinajstić information content (AvgIpc) is 3.19. The van der Waals surface area contributed by atoms with E-state index in [1.165, 1.54) is 0 Å². The topological polar surface area (TPSA) is 127 Å². The number of anilines is 3. The van der Waals surface area contributed by atoms with Crippen LogP contribution in [0.15, 0.2) is 128 Å². The highest BCUT2D eigenvalue weighted by atomic mass is 16.6. The summed E-state index contributed by atoms with van der Waals surface area (Å²) in [6, 6.07) is 29.3. The Morgan fingerprint density at radius 3 is 1.36 bits per heavy atom. The molecule has 294 valence electrons. The molecular formula is C44H52N6O6. The van der Waals surface area contributed by atoms with Crippen LogP contribution in [0.4, 0.5) is 17.8 Å². The summed E-state index contributed by atoms with van der Waals surface area (Å²) in [6.45, 7) is 21.2. The lowest BCUT2D eigenvalue weighted by molar-refractivity contribution is -0.144. The van der Waals surface area contributed by atoms with Crippen LogP contribution in [0.2, 0.25) is 0 Å². The fourth-order valence-electron chi connectivity index (χ4n) is 5.69. The van der Waals surface area contributed by atoms with E-state index in [1.54, 1.807) is 27.7 Å². The summed E-state index contributed by atoms with van der Waals surface area (Å²) in [5.74, 6) is -0.830. The van der Waals surface area contributed by atoms with Crippen molar-refractivity contribution in [2.75, 3.05) is 27.8 Å². The van der Waals surface area contributed by atoms with E-state index in [1.807, 2.05) is 113 Å². The van der Waals surface area contributed by atoms with Gasteiger partial charge in [-0.1, -0.05) is 118 Å². The lowest BCUT2D eigenvalue weighted by Gasteiger charge is -2.33. The van der Waals surface area contributed by atoms with E-state index in [9.17, 15) is 14.4 Å². The van der Waals surface area contributed by atoms with Gasteiger partial charge in [-0.05, 0) is 44.4 Å². The number of nitrogens with zero attached hydrogens (tertiary/aromatic N) is 6. The van der Waals surface area contributed by atoms with Gasteiger partial charge in [0, 0.05) is 43.3 Å². The van der Waals surface area contributed by atoms with Gasteiger partial charge in [-0.3, -0.25) is 0 Å². The molecule has 4 aromatic rings. The van der Waals surface area contributed by atoms with Crippen LogP contribution < -0.4 is 14.7 Å². The summed E-state index contributed by atoms with van der Waals surface area (Å²) in [7, 11) is 0. The third-order valence-corrected chi connectivity index (χ3v) is 8.43. The first-order valence-electron chi connectivity index (χ1n) is 18.6. The zero-order valence-corrected chi connectivity index (χ0v) is 33.0. The van der Waals surface area contributed by atoms with Gasteiger partial charge in [-0.25, -0.2) is 14.4 Å². The third kappa shape index (κ3) is 12.9. The summed E-state index contributed by atoms with van der Waals surface area (Å²) in [5.41, 5.74) is 3.41. The summed E-state index contributed by atoms with van der Waals surface area (Å²) in [4.78, 5) is 58.8. The minimum absolute atomic E-state index is 0.212. The van der Waals surface area contributed by atoms with E-state index in [2.05, 4.69) is 19.7 Å². The molecule has 0 aliphatic carbocycles. The van der Waals surface area contributed by atoms with E-state index < -0.39 is 36.3 Å². The number of hydrogen-bond acceptors (Lipinski definition) is 12. The molecule has 0 fully saturated rings. The Balaban J connectivity index is 1.95. The van der Waals surface area contributed by atoms with E-state index >= 15 is 0 Å². The lowest BCUT2D eigenvalue weighted by Crippen LogP contribution is -2.41. The maximum Gasteiger partial charge on any atom is 0.333 e. The smallest absolute Gasteiger partial charge is 0.333 e. The molecule has 3 atom stereocenters. The predicted octanol–water partition coefficient (Wildman–Crippen LogP) is 7.37. The number of carbonyl (C=O) groups is 3. The van der Waals surface area contributed by atoms with Crippen LogP contribution in [-0.2, 0) is 48.2 Å². The number of esters is 3. The molecule has 0 amide bonds. The molecule has 0 N–H and O–H groups in total. The fraction of sp³-hybridized carbons (Fsp3) is 0.318. The minimum atomic E-state index is -0.792. The summed E-state index contributed by atoms with van der Waals surface area (Å²) < 4.78 is 17.4. The molecule has 3 aromatic carbocycles. The van der Waals surface area contributed by atoms with Crippen LogP contribution in [0.25, 0.3) is 0 Å². The maximum atomic E-state index is 12.7. The zero-order valence-electron chi connectivity index (χ0n) is 33.0. The molecule has 1 aromatic heterocycles. The van der Waals surface area contributed by atoms with Crippen molar-refractivity contribution in [1.82, 2.24) is 15.0 Å². The molecular weight excluding hydrogens is 709 g/mol. The Morgan fingerprint density at radius 1 is 0.625 bits per heavy atom. The molecule has 0 aliphatic heterocycles. The van der Waals surface area contributed by atoms with Gasteiger partial charge in [0.2, 0.25) is 17.8 Å². The molecule has 12 nitrogen and oxygen atoms in total. The van der Waals surface area contributed by atoms with E-state index in [4.69, 9.17) is 29.2 Å². The van der Waals surface area contributed by atoms with Gasteiger partial charge in [0.15, 0.2) is 6.23 Å². The van der Waals surface area contributed by atoms with Crippen LogP contribution >= 0.6 is 0 Å². The van der Waals surface area contributed by atoms with Crippen molar-refractivity contribution >= 4 is 35.8 Å². The van der Waals surface area contributed by atoms with Crippen molar-refractivity contribution in [3.63, 3.8) is 0 Å². The predicted molar refractivity (Wildman–Crippen MR) is 219 cm³/mol. The molecule has 1 heterocycles. The first-order chi connectivity index (χ1) is 26.9. The van der Waals surface area contributed by atoms with Gasteiger partial charge in [-0.2, -0.15) is 15.0 Å². The molecule has 3 unspecified atom stereocenters. The van der Waals surface area contributed by atoms with Gasteiger partial charge >= 0.3 is 17.9 Å². The lowest BCUT2D eigenvalue weighted by atomic mass is 10.2. The van der Waals surface area contributed by atoms with Crippen molar-refractivity contribution < 1.29 is 28.6 Å². The molecule has 0 bridgehead atoms. The molecule has 0 spiro atoms. The molecule has 4 rings (SSSR count). The van der Waals surface area contributed by atoms with Gasteiger partial charge in [0.05, 0.1) is 13.1 Å². The van der Waals surface area contributed by atoms with Gasteiger partial charge < -0.3 is 28.9 Å². The second kappa shape index (κ2) is 21.0. The standard InChI is InChI=1S/C44H52N6O6/c1-9-38(56-39(51)10-2)50(30-37-24-18-13-19-25-37)44-46-42(48(28-35-20-14-11-15-21-35)26-33(7)54-40(52)31(3)4)45-43(47-44)49(29-36-22-16-12-17-23-36)27-34(8)55-41(53)32(5)6/h10-25,33-34,38H,2-3,5,9,26-30H2,1,4,6-8H3. The summed E-state index contributed by atoms with van der Waals surface area (Å²) >= 11 is 0. The zero-order chi connectivity index (χ0) is 40.6. The monoisotopic (exact) mass is 760 g/mol. The summed E-state index contributed by atoms with van der Waals surface area (Å²) in [6.07, 6.45) is -0.457. The fourth-order valence-corrected chi connectivity index (χ4v) is 5.69. The maximum absolute atomic E-state index is 12.7. The van der Waals surface area contributed by atoms with E-state index in [0.717, 1.165) is 22.8 Å². The van der Waals surface area contributed by atoms with Crippen LogP contribution in [0, 0.1) is 0 Å². The van der Waals surface area contributed by atoms with E-state index in [0.29, 0.717) is 19.5 Å². The Labute approximate surface area is 330 Å². The van der Waals surface area contributed by atoms with Gasteiger partial charge in [-0.15, -0.1) is 0 Å². The Bertz CT molecular complexity index is 1840. The number of rotatable bonds is 21. The normalized spacial score (nSPS) is 12.3. The second-order valence-electron chi connectivity index (χ2n) is 13.6. The van der Waals surface area contributed by atoms with Crippen molar-refractivity contribution in [1.29, 1.82) is 0 Å². The first kappa shape index (κ1) is 42.4. The van der Waals surface area contributed by atoms with Gasteiger partial charge in [0.25, 0.3) is 0 Å². The van der Waals surface area contributed by atoms with Crippen molar-refractivity contribution in [2.45, 2.75) is 79.1 Å². The Morgan fingerprint density at radius 2 is 1.00 bits per heavy atom. The minimum Gasteiger partial charge on any atom is -0.457 e. The van der Waals surface area contributed by atoms with Gasteiger partial charge in [0.1, 0.15) is 12.2 Å². The van der Waals surface area contributed by atoms with Crippen molar-refractivity contribution in [3.05, 3.63) is 145 Å².